The van der Waals surface area contributed by atoms with Crippen LogP contribution >= 0.6 is 0 Å². The highest BCUT2D eigenvalue weighted by molar-refractivity contribution is 5.97. The van der Waals surface area contributed by atoms with Gasteiger partial charge in [-0.05, 0) is 65.4 Å². The lowest BCUT2D eigenvalue weighted by molar-refractivity contribution is -0.160. The fourth-order valence-electron chi connectivity index (χ4n) is 4.78. The maximum Gasteiger partial charge on any atom is 0.161 e. The summed E-state index contributed by atoms with van der Waals surface area (Å²) in [5, 5.41) is 22.5. The molecule has 4 heterocycles. The normalized spacial score (nSPS) is 23.6. The fourth-order valence-corrected chi connectivity index (χ4v) is 4.78. The summed E-state index contributed by atoms with van der Waals surface area (Å²) < 4.78 is 22.8. The Hall–Kier alpha value is -3.70. The molecule has 0 saturated carbocycles. The second-order valence-electron chi connectivity index (χ2n) is 8.76. The van der Waals surface area contributed by atoms with Crippen LogP contribution in [0.4, 0.5) is 0 Å². The van der Waals surface area contributed by atoms with Gasteiger partial charge >= 0.3 is 0 Å². The molecule has 7 nitrogen and oxygen atoms in total. The second kappa shape index (κ2) is 8.26. The third-order valence-electron chi connectivity index (χ3n) is 6.39. The summed E-state index contributed by atoms with van der Waals surface area (Å²) in [4.78, 5) is 4.68. The molecule has 2 aliphatic rings. The van der Waals surface area contributed by atoms with Crippen LogP contribution in [-0.2, 0) is 21.7 Å². The highest BCUT2D eigenvalue weighted by Gasteiger charge is 2.46. The Kier molecular flexibility index (Phi) is 5.07. The molecule has 2 fully saturated rings. The van der Waals surface area contributed by atoms with Gasteiger partial charge in [0.05, 0.1) is 42.0 Å². The molecular weight excluding hydrogens is 432 g/mol. The van der Waals surface area contributed by atoms with Gasteiger partial charge in [-0.2, -0.15) is 5.26 Å². The number of furan rings is 1. The first-order chi connectivity index (χ1) is 16.6. The number of hydrogen-bond donors (Lipinski definition) is 1. The number of benzene rings is 2. The van der Waals surface area contributed by atoms with Gasteiger partial charge in [0, 0.05) is 18.4 Å². The van der Waals surface area contributed by atoms with E-state index in [0.717, 1.165) is 16.3 Å². The predicted molar refractivity (Wildman–Crippen MR) is 123 cm³/mol. The van der Waals surface area contributed by atoms with Gasteiger partial charge < -0.3 is 23.7 Å². The van der Waals surface area contributed by atoms with Crippen LogP contribution in [0.2, 0.25) is 0 Å². The zero-order valence-electron chi connectivity index (χ0n) is 18.3. The van der Waals surface area contributed by atoms with Crippen LogP contribution < -0.4 is 4.74 Å². The van der Waals surface area contributed by atoms with E-state index in [9.17, 15) is 10.4 Å². The first kappa shape index (κ1) is 20.9. The van der Waals surface area contributed by atoms with E-state index >= 15 is 0 Å². The van der Waals surface area contributed by atoms with E-state index in [1.54, 1.807) is 6.26 Å². The number of fused-ring (bicyclic) bond motifs is 3. The van der Waals surface area contributed by atoms with Crippen molar-refractivity contribution >= 4 is 10.8 Å². The third-order valence-corrected chi connectivity index (χ3v) is 6.39. The maximum absolute atomic E-state index is 11.2. The quantitative estimate of drug-likeness (QED) is 0.468. The second-order valence-corrected chi connectivity index (χ2v) is 8.76. The number of aliphatic hydroxyl groups is 1. The van der Waals surface area contributed by atoms with Crippen molar-refractivity contribution in [3.8, 4) is 23.1 Å². The van der Waals surface area contributed by atoms with Crippen molar-refractivity contribution in [2.45, 2.75) is 37.4 Å². The van der Waals surface area contributed by atoms with Crippen molar-refractivity contribution in [1.29, 1.82) is 5.26 Å². The van der Waals surface area contributed by atoms with Gasteiger partial charge in [0.2, 0.25) is 0 Å². The van der Waals surface area contributed by atoms with Crippen molar-refractivity contribution in [1.82, 2.24) is 4.98 Å². The number of nitrogens with zero attached hydrogens (tertiary/aromatic N) is 2. The van der Waals surface area contributed by atoms with Crippen LogP contribution in [-0.4, -0.2) is 29.1 Å². The van der Waals surface area contributed by atoms with Crippen molar-refractivity contribution in [3.05, 3.63) is 83.9 Å². The van der Waals surface area contributed by atoms with Crippen molar-refractivity contribution in [3.63, 3.8) is 0 Å². The topological polar surface area (TPSA) is 97.7 Å². The van der Waals surface area contributed by atoms with E-state index in [2.05, 4.69) is 11.1 Å². The SMILES string of the molecule is N#Cc1cc(-c2ccco2)c2ccc(OCc3cccc([C@]4(O)CC5OC[C@H](C4)O5)n3)cc2c1. The standard InChI is InChI=1S/C27H22N2O5/c28-14-17-9-18-11-20(6-7-22(18)23(10-17)24-4-2-8-31-24)32-15-19-3-1-5-25(29-19)27(30)12-21-16-33-26(13-27)34-21/h1-11,21,26,30H,12-13,15-16H2/t21-,26?,27+/m0/s1. The molecule has 2 aromatic carbocycles. The molecule has 2 aromatic heterocycles. The van der Waals surface area contributed by atoms with E-state index in [1.165, 1.54) is 0 Å². The molecule has 0 amide bonds. The summed E-state index contributed by atoms with van der Waals surface area (Å²) >= 11 is 0. The molecule has 2 saturated heterocycles. The molecule has 34 heavy (non-hydrogen) atoms. The number of pyridine rings is 1. The minimum Gasteiger partial charge on any atom is -0.487 e. The minimum absolute atomic E-state index is 0.104. The van der Waals surface area contributed by atoms with Gasteiger partial charge in [-0.25, -0.2) is 0 Å². The summed E-state index contributed by atoms with van der Waals surface area (Å²) in [5.41, 5.74) is 1.67. The van der Waals surface area contributed by atoms with Gasteiger partial charge in [-0.15, -0.1) is 0 Å². The first-order valence-corrected chi connectivity index (χ1v) is 11.2. The molecule has 7 heteroatoms. The Bertz CT molecular complexity index is 1380. The first-order valence-electron chi connectivity index (χ1n) is 11.2. The summed E-state index contributed by atoms with van der Waals surface area (Å²) in [6, 6.07) is 21.0. The molecule has 0 spiro atoms. The molecule has 6 rings (SSSR count). The van der Waals surface area contributed by atoms with Gasteiger partial charge in [0.25, 0.3) is 0 Å². The Balaban J connectivity index is 1.24. The molecule has 0 aliphatic carbocycles. The van der Waals surface area contributed by atoms with Crippen molar-refractivity contribution in [2.24, 2.45) is 0 Å². The summed E-state index contributed by atoms with van der Waals surface area (Å²) in [7, 11) is 0. The predicted octanol–water partition coefficient (Wildman–Crippen LogP) is 4.67. The lowest BCUT2D eigenvalue weighted by atomic mass is 9.87. The summed E-state index contributed by atoms with van der Waals surface area (Å²) in [5.74, 6) is 1.37. The molecule has 2 bridgehead atoms. The van der Waals surface area contributed by atoms with Crippen LogP contribution in [0.15, 0.2) is 71.3 Å². The average molecular weight is 454 g/mol. The Morgan fingerprint density at radius 3 is 2.88 bits per heavy atom. The van der Waals surface area contributed by atoms with Crippen LogP contribution in [0.5, 0.6) is 5.75 Å². The van der Waals surface area contributed by atoms with Crippen LogP contribution in [0.1, 0.15) is 29.8 Å². The Morgan fingerprint density at radius 1 is 1.12 bits per heavy atom. The van der Waals surface area contributed by atoms with Gasteiger partial charge in [-0.3, -0.25) is 4.98 Å². The highest BCUT2D eigenvalue weighted by atomic mass is 16.7. The smallest absolute Gasteiger partial charge is 0.161 e. The number of nitriles is 1. The molecule has 4 aromatic rings. The van der Waals surface area contributed by atoms with Crippen LogP contribution in [0.3, 0.4) is 0 Å². The molecule has 170 valence electrons. The number of aromatic nitrogens is 1. The van der Waals surface area contributed by atoms with Crippen LogP contribution in [0, 0.1) is 11.3 Å². The zero-order valence-corrected chi connectivity index (χ0v) is 18.3. The largest absolute Gasteiger partial charge is 0.487 e. The van der Waals surface area contributed by atoms with E-state index < -0.39 is 5.60 Å². The fraction of sp³-hybridized carbons (Fsp3) is 0.259. The third kappa shape index (κ3) is 3.82. The average Bonchev–Trinajstić information content (AvgIpc) is 3.52. The number of rotatable bonds is 5. The number of hydrogen-bond acceptors (Lipinski definition) is 7. The van der Waals surface area contributed by atoms with E-state index in [4.69, 9.17) is 18.6 Å². The molecular formula is C27H22N2O5. The van der Waals surface area contributed by atoms with E-state index in [1.807, 2.05) is 60.7 Å². The van der Waals surface area contributed by atoms with E-state index in [0.29, 0.717) is 47.9 Å². The van der Waals surface area contributed by atoms with Gasteiger partial charge in [0.15, 0.2) is 6.29 Å². The highest BCUT2D eigenvalue weighted by Crippen LogP contribution is 2.40. The number of ether oxygens (including phenoxy) is 3. The van der Waals surface area contributed by atoms with Crippen molar-refractivity contribution < 1.29 is 23.7 Å². The monoisotopic (exact) mass is 454 g/mol. The molecule has 0 radical (unpaired) electrons. The molecule has 3 atom stereocenters. The van der Waals surface area contributed by atoms with E-state index in [-0.39, 0.29) is 19.0 Å². The Labute approximate surface area is 196 Å². The Morgan fingerprint density at radius 2 is 2.06 bits per heavy atom. The molecule has 1 N–H and O–H groups in total. The van der Waals surface area contributed by atoms with Crippen LogP contribution in [0.25, 0.3) is 22.1 Å². The lowest BCUT2D eigenvalue weighted by Gasteiger charge is -2.34. The van der Waals surface area contributed by atoms with Gasteiger partial charge in [-0.1, -0.05) is 6.07 Å². The summed E-state index contributed by atoms with van der Waals surface area (Å²) in [6.45, 7) is 0.755. The van der Waals surface area contributed by atoms with Gasteiger partial charge in [0.1, 0.15) is 23.7 Å². The minimum atomic E-state index is -1.07. The zero-order chi connectivity index (χ0) is 23.1. The molecule has 1 unspecified atom stereocenters. The maximum atomic E-state index is 11.2. The summed E-state index contributed by atoms with van der Waals surface area (Å²) in [6.07, 6.45) is 1.96. The lowest BCUT2D eigenvalue weighted by Crippen LogP contribution is -2.40. The van der Waals surface area contributed by atoms with Crippen molar-refractivity contribution in [2.75, 3.05) is 6.61 Å². The molecule has 2 aliphatic heterocycles.